The number of ether oxygens (including phenoxy) is 1. The highest BCUT2D eigenvalue weighted by atomic mass is 32.1. The predicted molar refractivity (Wildman–Crippen MR) is 119 cm³/mol. The molecule has 1 aromatic carbocycles. The van der Waals surface area contributed by atoms with Crippen molar-refractivity contribution in [3.05, 3.63) is 70.4 Å². The van der Waals surface area contributed by atoms with E-state index in [-0.39, 0.29) is 12.4 Å². The fourth-order valence-corrected chi connectivity index (χ4v) is 4.97. The molecule has 2 aromatic heterocycles. The number of thiophene rings is 1. The third kappa shape index (κ3) is 4.51. The average molecular weight is 442 g/mol. The Bertz CT molecular complexity index is 1030. The summed E-state index contributed by atoms with van der Waals surface area (Å²) in [5, 5.41) is 40.8. The van der Waals surface area contributed by atoms with Crippen LogP contribution < -0.4 is 0 Å². The van der Waals surface area contributed by atoms with Gasteiger partial charge in [0, 0.05) is 39.5 Å². The van der Waals surface area contributed by atoms with Gasteiger partial charge < -0.3 is 25.2 Å². The normalized spacial score (nSPS) is 26.2. The van der Waals surface area contributed by atoms with E-state index in [1.807, 2.05) is 37.4 Å². The van der Waals surface area contributed by atoms with Crippen LogP contribution in [0, 0.1) is 12.8 Å². The van der Waals surface area contributed by atoms with Gasteiger partial charge in [-0.25, -0.2) is 0 Å². The molecule has 1 saturated heterocycles. The number of aliphatic hydroxyl groups excluding tert-OH is 3. The third-order valence-electron chi connectivity index (χ3n) is 5.92. The largest absolute Gasteiger partial charge is 0.508 e. The number of benzene rings is 1. The number of aliphatic hydroxyl groups is 3. The van der Waals surface area contributed by atoms with Crippen molar-refractivity contribution in [2.75, 3.05) is 6.61 Å². The quantitative estimate of drug-likeness (QED) is 0.485. The second-order valence-electron chi connectivity index (χ2n) is 8.14. The smallest absolute Gasteiger partial charge is 0.119 e. The summed E-state index contributed by atoms with van der Waals surface area (Å²) in [6.45, 7) is 3.37. The molecule has 6 nitrogen and oxygen atoms in total. The van der Waals surface area contributed by atoms with Crippen LogP contribution in [0.25, 0.3) is 10.4 Å². The molecule has 5 atom stereocenters. The Morgan fingerprint density at radius 1 is 1.06 bits per heavy atom. The van der Waals surface area contributed by atoms with Gasteiger partial charge >= 0.3 is 0 Å². The van der Waals surface area contributed by atoms with Crippen molar-refractivity contribution in [3.63, 3.8) is 0 Å². The number of aryl methyl sites for hydroxylation is 1. The first-order valence-electron chi connectivity index (χ1n) is 10.3. The topological polar surface area (TPSA) is 103 Å². The lowest BCUT2D eigenvalue weighted by Crippen LogP contribution is -2.50. The summed E-state index contributed by atoms with van der Waals surface area (Å²) in [7, 11) is 0. The summed E-state index contributed by atoms with van der Waals surface area (Å²) in [6.07, 6.45) is -0.909. The lowest BCUT2D eigenvalue weighted by atomic mass is 9.84. The predicted octanol–water partition coefficient (Wildman–Crippen LogP) is 3.21. The monoisotopic (exact) mass is 441 g/mol. The van der Waals surface area contributed by atoms with E-state index in [1.165, 1.54) is 0 Å². The molecule has 1 aliphatic rings. The zero-order valence-electron chi connectivity index (χ0n) is 17.5. The maximum Gasteiger partial charge on any atom is 0.119 e. The molecule has 31 heavy (non-hydrogen) atoms. The molecule has 4 N–H and O–H groups in total. The molecule has 0 radical (unpaired) electrons. The van der Waals surface area contributed by atoms with E-state index in [1.54, 1.807) is 30.4 Å². The van der Waals surface area contributed by atoms with Crippen LogP contribution in [0.4, 0.5) is 0 Å². The molecule has 3 aromatic rings. The molecule has 4 rings (SSSR count). The number of nitrogens with zero attached hydrogens (tertiary/aromatic N) is 1. The highest BCUT2D eigenvalue weighted by molar-refractivity contribution is 7.15. The van der Waals surface area contributed by atoms with Crippen molar-refractivity contribution < 1.29 is 25.2 Å². The summed E-state index contributed by atoms with van der Waals surface area (Å²) >= 11 is 1.64. The van der Waals surface area contributed by atoms with Crippen LogP contribution in [0.3, 0.4) is 0 Å². The summed E-state index contributed by atoms with van der Waals surface area (Å²) < 4.78 is 5.80. The zero-order valence-corrected chi connectivity index (χ0v) is 18.3. The van der Waals surface area contributed by atoms with Gasteiger partial charge in [0.05, 0.1) is 18.8 Å². The van der Waals surface area contributed by atoms with E-state index < -0.39 is 30.3 Å². The van der Waals surface area contributed by atoms with Crippen molar-refractivity contribution in [1.29, 1.82) is 0 Å². The maximum absolute atomic E-state index is 10.6. The molecule has 164 valence electrons. The van der Waals surface area contributed by atoms with Crippen molar-refractivity contribution in [1.82, 2.24) is 4.98 Å². The lowest BCUT2D eigenvalue weighted by Gasteiger charge is -2.41. The van der Waals surface area contributed by atoms with Crippen LogP contribution in [0.5, 0.6) is 5.75 Å². The van der Waals surface area contributed by atoms with Gasteiger partial charge in [-0.05, 0) is 48.4 Å². The van der Waals surface area contributed by atoms with Crippen LogP contribution in [-0.4, -0.2) is 50.3 Å². The second kappa shape index (κ2) is 9.06. The first-order valence-corrected chi connectivity index (χ1v) is 11.1. The Labute approximate surface area is 185 Å². The maximum atomic E-state index is 10.6. The Kier molecular flexibility index (Phi) is 6.41. The van der Waals surface area contributed by atoms with Crippen LogP contribution in [0.1, 0.15) is 34.7 Å². The molecule has 0 aliphatic carbocycles. The van der Waals surface area contributed by atoms with Crippen molar-refractivity contribution in [2.45, 2.75) is 44.7 Å². The van der Waals surface area contributed by atoms with Crippen LogP contribution in [0.15, 0.2) is 48.7 Å². The van der Waals surface area contributed by atoms with Gasteiger partial charge in [0.15, 0.2) is 0 Å². The molecule has 3 heterocycles. The highest BCUT2D eigenvalue weighted by Gasteiger charge is 2.42. The second-order valence-corrected chi connectivity index (χ2v) is 9.31. The number of aromatic nitrogens is 1. The molecule has 0 saturated carbocycles. The summed E-state index contributed by atoms with van der Waals surface area (Å²) in [5.41, 5.74) is 3.46. The molecule has 1 aliphatic heterocycles. The molecule has 0 spiro atoms. The number of rotatable bonds is 5. The van der Waals surface area contributed by atoms with Gasteiger partial charge in [0.25, 0.3) is 0 Å². The summed E-state index contributed by atoms with van der Waals surface area (Å²) in [4.78, 5) is 6.55. The molecule has 0 amide bonds. The number of phenolic OH excluding ortho intramolecular Hbond substituents is 1. The molecular weight excluding hydrogens is 414 g/mol. The van der Waals surface area contributed by atoms with Gasteiger partial charge in [-0.15, -0.1) is 11.3 Å². The molecule has 7 heteroatoms. The number of phenols is 1. The van der Waals surface area contributed by atoms with E-state index in [0.717, 1.165) is 26.6 Å². The average Bonchev–Trinajstić information content (AvgIpc) is 3.23. The highest BCUT2D eigenvalue weighted by Crippen LogP contribution is 2.38. The number of hydrogen-bond acceptors (Lipinski definition) is 7. The number of hydrogen-bond donors (Lipinski definition) is 4. The molecule has 1 fully saturated rings. The first kappa shape index (κ1) is 21.9. The Balaban J connectivity index is 1.57. The number of aromatic hydroxyl groups is 1. The van der Waals surface area contributed by atoms with E-state index in [0.29, 0.717) is 12.0 Å². The van der Waals surface area contributed by atoms with Gasteiger partial charge in [0.2, 0.25) is 0 Å². The van der Waals surface area contributed by atoms with Crippen molar-refractivity contribution >= 4 is 11.3 Å². The summed E-state index contributed by atoms with van der Waals surface area (Å²) in [5.74, 6) is -0.274. The molecule has 3 unspecified atom stereocenters. The zero-order chi connectivity index (χ0) is 22.1. The van der Waals surface area contributed by atoms with Gasteiger partial charge in [-0.2, -0.15) is 0 Å². The molecule has 0 bridgehead atoms. The van der Waals surface area contributed by atoms with Crippen LogP contribution in [0.2, 0.25) is 0 Å². The summed E-state index contributed by atoms with van der Waals surface area (Å²) in [6, 6.07) is 13.3. The van der Waals surface area contributed by atoms with Gasteiger partial charge in [-0.3, -0.25) is 4.98 Å². The minimum Gasteiger partial charge on any atom is -0.508 e. The van der Waals surface area contributed by atoms with Crippen LogP contribution in [-0.2, 0) is 11.2 Å². The van der Waals surface area contributed by atoms with Gasteiger partial charge in [0.1, 0.15) is 18.0 Å². The van der Waals surface area contributed by atoms with Gasteiger partial charge in [-0.1, -0.05) is 19.1 Å². The van der Waals surface area contributed by atoms with Crippen molar-refractivity contribution in [3.8, 4) is 16.2 Å². The standard InChI is InChI=1S/C24H27NO5S/c1-13-3-4-16(11-25-13)21-8-6-18(31-21)10-17-9-15(5-7-19(17)27)24-23(29)14(2)22(28)20(12-26)30-24/h3-9,11,14,20,22-24,26-29H,10,12H2,1-2H3/t14?,20?,22-,23+,24?/m0/s1. The van der Waals surface area contributed by atoms with Crippen LogP contribution >= 0.6 is 11.3 Å². The SMILES string of the molecule is Cc1ccc(-c2ccc(Cc3cc(C4OC(CO)[C@@H](O)C(C)[C@H]4O)ccc3O)s2)cn1. The van der Waals surface area contributed by atoms with Crippen molar-refractivity contribution in [2.24, 2.45) is 5.92 Å². The lowest BCUT2D eigenvalue weighted by molar-refractivity contribution is -0.207. The fourth-order valence-electron chi connectivity index (χ4n) is 3.95. The minimum atomic E-state index is -0.936. The van der Waals surface area contributed by atoms with E-state index in [2.05, 4.69) is 11.1 Å². The number of pyridine rings is 1. The Morgan fingerprint density at radius 3 is 2.58 bits per heavy atom. The first-order chi connectivity index (χ1) is 14.9. The third-order valence-corrected chi connectivity index (χ3v) is 7.06. The van der Waals surface area contributed by atoms with E-state index in [4.69, 9.17) is 4.74 Å². The Hall–Kier alpha value is -2.29. The van der Waals surface area contributed by atoms with E-state index >= 15 is 0 Å². The Morgan fingerprint density at radius 2 is 1.87 bits per heavy atom. The van der Waals surface area contributed by atoms with E-state index in [9.17, 15) is 20.4 Å². The fraction of sp³-hybridized carbons (Fsp3) is 0.375. The minimum absolute atomic E-state index is 0.174. The molecular formula is C24H27NO5S.